The molecule has 3 nitrogen and oxygen atoms in total. The van der Waals surface area contributed by atoms with Crippen molar-refractivity contribution >= 4 is 38.8 Å². The van der Waals surface area contributed by atoms with Crippen molar-refractivity contribution < 1.29 is 13.2 Å². The molecule has 1 saturated heterocycles. The van der Waals surface area contributed by atoms with Crippen molar-refractivity contribution in [1.82, 2.24) is 0 Å². The third-order valence-corrected chi connectivity index (χ3v) is 5.31. The fourth-order valence-corrected chi connectivity index (χ4v) is 3.93. The van der Waals surface area contributed by atoms with Crippen LogP contribution in [0.2, 0.25) is 10.0 Å². The van der Waals surface area contributed by atoms with Crippen molar-refractivity contribution in [3.63, 3.8) is 0 Å². The van der Waals surface area contributed by atoms with Crippen molar-refractivity contribution in [2.75, 3.05) is 11.5 Å². The van der Waals surface area contributed by atoms with E-state index in [0.29, 0.717) is 22.0 Å². The van der Waals surface area contributed by atoms with E-state index in [2.05, 4.69) is 0 Å². The van der Waals surface area contributed by atoms with Gasteiger partial charge in [0.05, 0.1) is 21.6 Å². The molecule has 1 aromatic rings. The maximum absolute atomic E-state index is 12.0. The fourth-order valence-electron chi connectivity index (χ4n) is 1.89. The Morgan fingerprint density at radius 3 is 2.47 bits per heavy atom. The Morgan fingerprint density at radius 1 is 1.24 bits per heavy atom. The highest BCUT2D eigenvalue weighted by Gasteiger charge is 2.33. The molecule has 0 aromatic heterocycles. The van der Waals surface area contributed by atoms with Crippen LogP contribution in [0, 0.1) is 5.92 Å². The topological polar surface area (TPSA) is 51.2 Å². The molecule has 1 aliphatic heterocycles. The highest BCUT2D eigenvalue weighted by molar-refractivity contribution is 7.91. The summed E-state index contributed by atoms with van der Waals surface area (Å²) in [6, 6.07) is 4.60. The second-order valence-electron chi connectivity index (χ2n) is 4.09. The minimum absolute atomic E-state index is 0.0634. The molecule has 2 rings (SSSR count). The summed E-state index contributed by atoms with van der Waals surface area (Å²) in [5.41, 5.74) is 0.418. The molecule has 1 fully saturated rings. The van der Waals surface area contributed by atoms with Gasteiger partial charge in [0.25, 0.3) is 0 Å². The quantitative estimate of drug-likeness (QED) is 0.788. The lowest BCUT2D eigenvalue weighted by Crippen LogP contribution is -2.16. The zero-order valence-electron chi connectivity index (χ0n) is 8.82. The molecule has 0 spiro atoms. The molecule has 0 aliphatic carbocycles. The average molecular weight is 293 g/mol. The predicted molar refractivity (Wildman–Crippen MR) is 67.6 cm³/mol. The maximum atomic E-state index is 12.0. The summed E-state index contributed by atoms with van der Waals surface area (Å²) in [4.78, 5) is 12.0. The first-order valence-corrected chi connectivity index (χ1v) is 7.66. The lowest BCUT2D eigenvalue weighted by molar-refractivity contribution is 0.0933. The van der Waals surface area contributed by atoms with Gasteiger partial charge in [0.15, 0.2) is 15.6 Å². The number of carbonyl (C=O) groups excluding carboxylic acids is 1. The highest BCUT2D eigenvalue weighted by Crippen LogP contribution is 2.27. The third-order valence-electron chi connectivity index (χ3n) is 2.81. The van der Waals surface area contributed by atoms with E-state index < -0.39 is 15.8 Å². The van der Waals surface area contributed by atoms with Crippen molar-refractivity contribution in [3.05, 3.63) is 33.8 Å². The van der Waals surface area contributed by atoms with E-state index in [1.165, 1.54) is 6.07 Å². The summed E-state index contributed by atoms with van der Waals surface area (Å²) in [5.74, 6) is -0.599. The summed E-state index contributed by atoms with van der Waals surface area (Å²) in [6.07, 6.45) is 0.390. The molecule has 1 aromatic carbocycles. The third kappa shape index (κ3) is 2.81. The van der Waals surface area contributed by atoms with Crippen LogP contribution in [0.1, 0.15) is 16.8 Å². The van der Waals surface area contributed by atoms with Crippen LogP contribution < -0.4 is 0 Å². The van der Waals surface area contributed by atoms with Crippen LogP contribution in [0.3, 0.4) is 0 Å². The largest absolute Gasteiger partial charge is 0.294 e. The predicted octanol–water partition coefficient (Wildman–Crippen LogP) is 2.61. The first-order chi connectivity index (χ1) is 7.89. The van der Waals surface area contributed by atoms with Gasteiger partial charge in [-0.05, 0) is 24.6 Å². The molecule has 0 unspecified atom stereocenters. The van der Waals surface area contributed by atoms with Crippen LogP contribution in [-0.4, -0.2) is 25.7 Å². The van der Waals surface area contributed by atoms with E-state index in [1.54, 1.807) is 12.1 Å². The molecule has 0 saturated carbocycles. The number of rotatable bonds is 2. The lowest BCUT2D eigenvalue weighted by Gasteiger charge is -2.07. The standard InChI is InChI=1S/C11H10Cl2O3S/c12-9-2-1-7(5-10(9)13)11(14)8-3-4-17(15,16)6-8/h1-2,5,8H,3-4,6H2/t8-/m0/s1. The molecule has 1 aliphatic rings. The average Bonchev–Trinajstić information content (AvgIpc) is 2.62. The van der Waals surface area contributed by atoms with E-state index >= 15 is 0 Å². The summed E-state index contributed by atoms with van der Waals surface area (Å²) in [6.45, 7) is 0. The molecule has 0 amide bonds. The molecule has 92 valence electrons. The van der Waals surface area contributed by atoms with Crippen LogP contribution in [0.4, 0.5) is 0 Å². The van der Waals surface area contributed by atoms with Crippen LogP contribution in [0.15, 0.2) is 18.2 Å². The van der Waals surface area contributed by atoms with Crippen molar-refractivity contribution in [3.8, 4) is 0 Å². The van der Waals surface area contributed by atoms with Gasteiger partial charge >= 0.3 is 0 Å². The first kappa shape index (κ1) is 12.9. The normalized spacial score (nSPS) is 22.6. The SMILES string of the molecule is O=C(c1ccc(Cl)c(Cl)c1)[C@H]1CCS(=O)(=O)C1. The second-order valence-corrected chi connectivity index (χ2v) is 7.14. The smallest absolute Gasteiger partial charge is 0.167 e. The molecule has 0 N–H and O–H groups in total. The molecular weight excluding hydrogens is 283 g/mol. The van der Waals surface area contributed by atoms with Gasteiger partial charge in [-0.15, -0.1) is 0 Å². The molecule has 0 bridgehead atoms. The monoisotopic (exact) mass is 292 g/mol. The van der Waals surface area contributed by atoms with Crippen LogP contribution >= 0.6 is 23.2 Å². The van der Waals surface area contributed by atoms with Gasteiger partial charge < -0.3 is 0 Å². The number of hydrogen-bond acceptors (Lipinski definition) is 3. The van der Waals surface area contributed by atoms with E-state index in [4.69, 9.17) is 23.2 Å². The number of benzene rings is 1. The van der Waals surface area contributed by atoms with Crippen molar-refractivity contribution in [2.24, 2.45) is 5.92 Å². The number of sulfone groups is 1. The molecule has 1 atom stereocenters. The zero-order chi connectivity index (χ0) is 12.6. The Balaban J connectivity index is 2.23. The molecule has 17 heavy (non-hydrogen) atoms. The van der Waals surface area contributed by atoms with Gasteiger partial charge in [-0.1, -0.05) is 23.2 Å². The van der Waals surface area contributed by atoms with E-state index in [1.807, 2.05) is 0 Å². The van der Waals surface area contributed by atoms with Gasteiger partial charge in [0, 0.05) is 11.5 Å². The van der Waals surface area contributed by atoms with Crippen molar-refractivity contribution in [1.29, 1.82) is 0 Å². The van der Waals surface area contributed by atoms with E-state index in [9.17, 15) is 13.2 Å². The van der Waals surface area contributed by atoms with Gasteiger partial charge in [0.1, 0.15) is 0 Å². The van der Waals surface area contributed by atoms with Crippen molar-refractivity contribution in [2.45, 2.75) is 6.42 Å². The molecule has 1 heterocycles. The number of Topliss-reactive ketones (excluding diaryl/α,β-unsaturated/α-hetero) is 1. The Hall–Kier alpha value is -0.580. The first-order valence-electron chi connectivity index (χ1n) is 5.09. The Labute approximate surface area is 110 Å². The summed E-state index contributed by atoms with van der Waals surface area (Å²) in [5, 5.41) is 0.681. The number of carbonyl (C=O) groups is 1. The lowest BCUT2D eigenvalue weighted by atomic mass is 9.97. The van der Waals surface area contributed by atoms with Gasteiger partial charge in [0.2, 0.25) is 0 Å². The zero-order valence-corrected chi connectivity index (χ0v) is 11.1. The Kier molecular flexibility index (Phi) is 3.48. The summed E-state index contributed by atoms with van der Waals surface area (Å²) in [7, 11) is -3.05. The molecular formula is C11H10Cl2O3S. The molecule has 6 heteroatoms. The number of hydrogen-bond donors (Lipinski definition) is 0. The summed E-state index contributed by atoms with van der Waals surface area (Å²) < 4.78 is 22.6. The minimum atomic E-state index is -3.05. The maximum Gasteiger partial charge on any atom is 0.167 e. The van der Waals surface area contributed by atoms with Gasteiger partial charge in [-0.3, -0.25) is 4.79 Å². The molecule has 0 radical (unpaired) electrons. The van der Waals surface area contributed by atoms with E-state index in [-0.39, 0.29) is 17.3 Å². The van der Waals surface area contributed by atoms with Gasteiger partial charge in [-0.25, -0.2) is 8.42 Å². The number of ketones is 1. The van der Waals surface area contributed by atoms with Crippen LogP contribution in [-0.2, 0) is 9.84 Å². The minimum Gasteiger partial charge on any atom is -0.294 e. The van der Waals surface area contributed by atoms with Crippen LogP contribution in [0.5, 0.6) is 0 Å². The van der Waals surface area contributed by atoms with E-state index in [0.717, 1.165) is 0 Å². The fraction of sp³-hybridized carbons (Fsp3) is 0.364. The number of halogens is 2. The second kappa shape index (κ2) is 4.59. The Bertz CT molecular complexity index is 566. The van der Waals surface area contributed by atoms with Crippen LogP contribution in [0.25, 0.3) is 0 Å². The Morgan fingerprint density at radius 2 is 1.94 bits per heavy atom. The summed E-state index contributed by atoms with van der Waals surface area (Å²) >= 11 is 11.6. The highest BCUT2D eigenvalue weighted by atomic mass is 35.5. The van der Waals surface area contributed by atoms with Gasteiger partial charge in [-0.2, -0.15) is 0 Å².